The van der Waals surface area contributed by atoms with Crippen LogP contribution < -0.4 is 16.1 Å². The standard InChI is InChI=1S/C20H16N6O2S3/c1-28-12-6-4-11(5-7-12)15-9-13-17(31-15)19(27)23-16(22-13)10-30-20-25-24-18(26(20)21)14-3-2-8-29-14/h2-9H,10,21H2,1H3,(H,22,23,27). The van der Waals surface area contributed by atoms with Crippen LogP contribution in [0.1, 0.15) is 5.82 Å². The highest BCUT2D eigenvalue weighted by Gasteiger charge is 2.15. The number of thioether (sulfide) groups is 1. The van der Waals surface area contributed by atoms with Gasteiger partial charge in [-0.15, -0.1) is 32.9 Å². The summed E-state index contributed by atoms with van der Waals surface area (Å²) in [6, 6.07) is 13.5. The Labute approximate surface area is 188 Å². The molecule has 0 saturated carbocycles. The van der Waals surface area contributed by atoms with Crippen LogP contribution in [0.4, 0.5) is 0 Å². The number of fused-ring (bicyclic) bond motifs is 1. The first-order valence-electron chi connectivity index (χ1n) is 9.16. The predicted molar refractivity (Wildman–Crippen MR) is 125 cm³/mol. The Morgan fingerprint density at radius 3 is 2.77 bits per heavy atom. The molecular formula is C20H16N6O2S3. The Bertz CT molecular complexity index is 1400. The van der Waals surface area contributed by atoms with E-state index in [1.807, 2.05) is 47.8 Å². The average molecular weight is 469 g/mol. The maximum absolute atomic E-state index is 12.6. The first-order chi connectivity index (χ1) is 15.1. The zero-order chi connectivity index (χ0) is 21.4. The number of nitrogens with one attached hydrogen (secondary N) is 1. The van der Waals surface area contributed by atoms with Gasteiger partial charge in [0.05, 0.1) is 23.3 Å². The van der Waals surface area contributed by atoms with Crippen molar-refractivity contribution in [3.63, 3.8) is 0 Å². The summed E-state index contributed by atoms with van der Waals surface area (Å²) in [6.07, 6.45) is 0. The number of ether oxygens (including phenoxy) is 1. The molecule has 0 aliphatic carbocycles. The molecule has 5 rings (SSSR count). The Balaban J connectivity index is 1.39. The number of hydrogen-bond donors (Lipinski definition) is 2. The molecule has 0 amide bonds. The summed E-state index contributed by atoms with van der Waals surface area (Å²) in [5, 5.41) is 10.8. The molecular weight excluding hydrogens is 452 g/mol. The number of thiophene rings is 2. The lowest BCUT2D eigenvalue weighted by Gasteiger charge is -2.02. The molecule has 0 unspecified atom stereocenters. The highest BCUT2D eigenvalue weighted by Crippen LogP contribution is 2.32. The van der Waals surface area contributed by atoms with Crippen LogP contribution in [0, 0.1) is 0 Å². The monoisotopic (exact) mass is 468 g/mol. The first kappa shape index (κ1) is 19.8. The number of methoxy groups -OCH3 is 1. The number of nitrogen functional groups attached to an aromatic ring is 1. The molecule has 156 valence electrons. The van der Waals surface area contributed by atoms with Crippen LogP contribution in [-0.4, -0.2) is 32.0 Å². The summed E-state index contributed by atoms with van der Waals surface area (Å²) in [7, 11) is 1.63. The van der Waals surface area contributed by atoms with E-state index in [-0.39, 0.29) is 5.56 Å². The average Bonchev–Trinajstić information content (AvgIpc) is 3.52. The van der Waals surface area contributed by atoms with Crippen molar-refractivity contribution in [2.24, 2.45) is 0 Å². The Morgan fingerprint density at radius 1 is 1.19 bits per heavy atom. The van der Waals surface area contributed by atoms with Gasteiger partial charge in [-0.05, 0) is 47.3 Å². The van der Waals surface area contributed by atoms with Crippen LogP contribution in [0.3, 0.4) is 0 Å². The molecule has 1 aromatic carbocycles. The zero-order valence-corrected chi connectivity index (χ0v) is 18.7. The molecule has 4 aromatic heterocycles. The van der Waals surface area contributed by atoms with Crippen molar-refractivity contribution in [3.8, 4) is 26.9 Å². The van der Waals surface area contributed by atoms with Crippen molar-refractivity contribution in [1.82, 2.24) is 24.8 Å². The van der Waals surface area contributed by atoms with Crippen LogP contribution in [0.25, 0.3) is 31.4 Å². The molecule has 8 nitrogen and oxygen atoms in total. The number of aromatic nitrogens is 5. The van der Waals surface area contributed by atoms with Crippen molar-refractivity contribution in [2.45, 2.75) is 10.9 Å². The molecule has 4 heterocycles. The van der Waals surface area contributed by atoms with Crippen molar-refractivity contribution >= 4 is 44.7 Å². The van der Waals surface area contributed by atoms with Crippen molar-refractivity contribution < 1.29 is 4.74 Å². The highest BCUT2D eigenvalue weighted by atomic mass is 32.2. The number of H-pyrrole nitrogens is 1. The molecule has 0 aliphatic rings. The van der Waals surface area contributed by atoms with Crippen molar-refractivity contribution in [2.75, 3.05) is 13.0 Å². The second-order valence-corrected chi connectivity index (χ2v) is 9.45. The van der Waals surface area contributed by atoms with E-state index >= 15 is 0 Å². The molecule has 0 saturated heterocycles. The summed E-state index contributed by atoms with van der Waals surface area (Å²) >= 11 is 4.33. The number of nitrogens with two attached hydrogens (primary N) is 1. The normalized spacial score (nSPS) is 11.3. The van der Waals surface area contributed by atoms with E-state index in [2.05, 4.69) is 20.2 Å². The third-order valence-corrected chi connectivity index (χ3v) is 7.54. The van der Waals surface area contributed by atoms with Crippen molar-refractivity contribution in [3.05, 3.63) is 64.0 Å². The summed E-state index contributed by atoms with van der Waals surface area (Å²) in [4.78, 5) is 22.0. The number of benzene rings is 1. The number of aromatic amines is 1. The van der Waals surface area contributed by atoms with Crippen molar-refractivity contribution in [1.29, 1.82) is 0 Å². The van der Waals surface area contributed by atoms with E-state index in [9.17, 15) is 4.79 Å². The summed E-state index contributed by atoms with van der Waals surface area (Å²) in [5.74, 6) is 8.51. The lowest BCUT2D eigenvalue weighted by molar-refractivity contribution is 0.415. The van der Waals surface area contributed by atoms with Gasteiger partial charge in [-0.3, -0.25) is 4.79 Å². The van der Waals surface area contributed by atoms with Gasteiger partial charge in [-0.25, -0.2) is 9.66 Å². The Morgan fingerprint density at radius 2 is 2.03 bits per heavy atom. The fourth-order valence-corrected chi connectivity index (χ4v) is 5.47. The number of nitrogens with zero attached hydrogens (tertiary/aromatic N) is 4. The molecule has 0 radical (unpaired) electrons. The molecule has 3 N–H and O–H groups in total. The van der Waals surface area contributed by atoms with E-state index in [0.29, 0.717) is 32.8 Å². The van der Waals surface area contributed by atoms with Gasteiger partial charge in [-0.2, -0.15) is 0 Å². The van der Waals surface area contributed by atoms with Gasteiger partial charge in [0.1, 0.15) is 16.3 Å². The minimum atomic E-state index is -0.154. The largest absolute Gasteiger partial charge is 0.497 e. The SMILES string of the molecule is COc1ccc(-c2cc3nc(CSc4nnc(-c5cccs5)n4N)[nH]c(=O)c3s2)cc1. The van der Waals surface area contributed by atoms with Crippen LogP contribution >= 0.6 is 34.4 Å². The minimum Gasteiger partial charge on any atom is -0.497 e. The molecule has 0 bridgehead atoms. The van der Waals surface area contributed by atoms with Gasteiger partial charge in [0.25, 0.3) is 5.56 Å². The minimum absolute atomic E-state index is 0.154. The molecule has 0 aliphatic heterocycles. The van der Waals surface area contributed by atoms with Gasteiger partial charge in [0.15, 0.2) is 5.82 Å². The van der Waals surface area contributed by atoms with E-state index in [4.69, 9.17) is 10.6 Å². The van der Waals surface area contributed by atoms with Crippen LogP contribution in [0.2, 0.25) is 0 Å². The second-order valence-electron chi connectivity index (χ2n) is 6.51. The van der Waals surface area contributed by atoms with Gasteiger partial charge in [0, 0.05) is 4.88 Å². The quantitative estimate of drug-likeness (QED) is 0.286. The van der Waals surface area contributed by atoms with Crippen LogP contribution in [0.5, 0.6) is 5.75 Å². The van der Waals surface area contributed by atoms with Crippen LogP contribution in [-0.2, 0) is 5.75 Å². The van der Waals surface area contributed by atoms with E-state index in [0.717, 1.165) is 21.1 Å². The van der Waals surface area contributed by atoms with Crippen LogP contribution in [0.15, 0.2) is 57.8 Å². The molecule has 31 heavy (non-hydrogen) atoms. The Hall–Kier alpha value is -3.15. The summed E-state index contributed by atoms with van der Waals surface area (Å²) in [6.45, 7) is 0. The summed E-state index contributed by atoms with van der Waals surface area (Å²) in [5.41, 5.74) is 1.53. The van der Waals surface area contributed by atoms with Gasteiger partial charge < -0.3 is 15.6 Å². The molecule has 0 atom stereocenters. The fraction of sp³-hybridized carbons (Fsp3) is 0.100. The maximum atomic E-state index is 12.6. The summed E-state index contributed by atoms with van der Waals surface area (Å²) < 4.78 is 7.26. The third-order valence-electron chi connectivity index (χ3n) is 4.55. The molecule has 0 fully saturated rings. The Kier molecular flexibility index (Phi) is 5.22. The first-order valence-corrected chi connectivity index (χ1v) is 11.8. The topological polar surface area (TPSA) is 112 Å². The lowest BCUT2D eigenvalue weighted by atomic mass is 10.2. The second kappa shape index (κ2) is 8.17. The smallest absolute Gasteiger partial charge is 0.268 e. The van der Waals surface area contributed by atoms with Gasteiger partial charge in [0.2, 0.25) is 5.16 Å². The number of rotatable bonds is 6. The number of hydrogen-bond acceptors (Lipinski definition) is 9. The maximum Gasteiger partial charge on any atom is 0.268 e. The van der Waals surface area contributed by atoms with Gasteiger partial charge in [-0.1, -0.05) is 17.8 Å². The zero-order valence-electron chi connectivity index (χ0n) is 16.2. The lowest BCUT2D eigenvalue weighted by Crippen LogP contribution is -2.12. The third kappa shape index (κ3) is 3.82. The van der Waals surface area contributed by atoms with E-state index in [1.54, 1.807) is 18.4 Å². The fourth-order valence-electron chi connectivity index (χ4n) is 3.04. The molecule has 11 heteroatoms. The predicted octanol–water partition coefficient (Wildman–Crippen LogP) is 3.99. The van der Waals surface area contributed by atoms with E-state index in [1.165, 1.54) is 27.8 Å². The molecule has 0 spiro atoms. The van der Waals surface area contributed by atoms with E-state index < -0.39 is 0 Å². The molecule has 5 aromatic rings. The van der Waals surface area contributed by atoms with Gasteiger partial charge >= 0.3 is 0 Å². The highest BCUT2D eigenvalue weighted by molar-refractivity contribution is 7.98.